The lowest BCUT2D eigenvalue weighted by Crippen LogP contribution is -2.28. The molecule has 0 fully saturated rings. The molecule has 3 N–H and O–H groups in total. The summed E-state index contributed by atoms with van der Waals surface area (Å²) in [6.45, 7) is 1.62. The van der Waals surface area contributed by atoms with E-state index in [1.54, 1.807) is 37.4 Å². The summed E-state index contributed by atoms with van der Waals surface area (Å²) in [4.78, 5) is 34.7. The Morgan fingerprint density at radius 2 is 1.86 bits per heavy atom. The minimum atomic E-state index is -0.529. The molecule has 0 saturated carbocycles. The van der Waals surface area contributed by atoms with Crippen molar-refractivity contribution in [2.75, 3.05) is 5.32 Å². The number of nitrogens with zero attached hydrogens (tertiary/aromatic N) is 1. The maximum Gasteiger partial charge on any atom is 0.253 e. The molecule has 2 amide bonds. The molecule has 0 spiro atoms. The molecular weight excluding hydrogens is 270 g/mol. The average Bonchev–Trinajstić information content (AvgIpc) is 2.44. The Balaban J connectivity index is 2.06. The third-order valence-electron chi connectivity index (χ3n) is 2.98. The number of aromatic nitrogens is 1. The quantitative estimate of drug-likeness (QED) is 0.873. The number of carbonyl (C=O) groups excluding carboxylic acids is 2. The molecule has 6 heteroatoms. The molecule has 1 aromatic carbocycles. The second-order valence-corrected chi connectivity index (χ2v) is 4.61. The number of carbonyl (C=O) groups is 2. The Kier molecular flexibility index (Phi) is 4.18. The molecule has 2 rings (SSSR count). The molecule has 0 aliphatic heterocycles. The highest BCUT2D eigenvalue weighted by atomic mass is 16.2. The van der Waals surface area contributed by atoms with Gasteiger partial charge in [0.1, 0.15) is 6.54 Å². The van der Waals surface area contributed by atoms with Gasteiger partial charge in [0.25, 0.3) is 5.56 Å². The van der Waals surface area contributed by atoms with Crippen LogP contribution in [0.4, 0.5) is 5.69 Å². The Hall–Kier alpha value is -2.89. The molecular formula is C15H15N3O3. The third-order valence-corrected chi connectivity index (χ3v) is 2.98. The predicted molar refractivity (Wildman–Crippen MR) is 79.0 cm³/mol. The van der Waals surface area contributed by atoms with Crippen LogP contribution in [0, 0.1) is 6.92 Å². The normalized spacial score (nSPS) is 10.1. The van der Waals surface area contributed by atoms with Gasteiger partial charge >= 0.3 is 0 Å². The predicted octanol–water partition coefficient (Wildman–Crippen LogP) is 0.894. The smallest absolute Gasteiger partial charge is 0.253 e. The van der Waals surface area contributed by atoms with Gasteiger partial charge in [0.2, 0.25) is 11.8 Å². The Bertz CT molecular complexity index is 733. The van der Waals surface area contributed by atoms with Crippen molar-refractivity contribution in [2.45, 2.75) is 13.5 Å². The highest BCUT2D eigenvalue weighted by molar-refractivity contribution is 5.94. The molecule has 1 aromatic heterocycles. The van der Waals surface area contributed by atoms with Crippen molar-refractivity contribution in [3.63, 3.8) is 0 Å². The molecule has 0 radical (unpaired) electrons. The lowest BCUT2D eigenvalue weighted by atomic mass is 10.2. The molecule has 0 saturated heterocycles. The zero-order valence-electron chi connectivity index (χ0n) is 11.5. The van der Waals surface area contributed by atoms with Gasteiger partial charge in [-0.3, -0.25) is 14.4 Å². The fourth-order valence-corrected chi connectivity index (χ4v) is 1.85. The summed E-state index contributed by atoms with van der Waals surface area (Å²) in [7, 11) is 0. The minimum absolute atomic E-state index is 0.0713. The van der Waals surface area contributed by atoms with Crippen LogP contribution in [0.1, 0.15) is 15.9 Å². The van der Waals surface area contributed by atoms with E-state index in [0.29, 0.717) is 16.8 Å². The first-order chi connectivity index (χ1) is 9.97. The van der Waals surface area contributed by atoms with Gasteiger partial charge in [0.15, 0.2) is 0 Å². The van der Waals surface area contributed by atoms with E-state index in [1.807, 2.05) is 0 Å². The summed E-state index contributed by atoms with van der Waals surface area (Å²) < 4.78 is 1.34. The van der Waals surface area contributed by atoms with Crippen LogP contribution in [0.15, 0.2) is 47.4 Å². The first kappa shape index (κ1) is 14.5. The molecule has 0 bridgehead atoms. The number of hydrogen-bond acceptors (Lipinski definition) is 3. The second-order valence-electron chi connectivity index (χ2n) is 4.61. The van der Waals surface area contributed by atoms with Gasteiger partial charge in [0, 0.05) is 23.0 Å². The van der Waals surface area contributed by atoms with Crippen LogP contribution in [0.2, 0.25) is 0 Å². The van der Waals surface area contributed by atoms with Crippen LogP contribution in [0.25, 0.3) is 0 Å². The lowest BCUT2D eigenvalue weighted by Gasteiger charge is -2.08. The van der Waals surface area contributed by atoms with E-state index in [4.69, 9.17) is 5.73 Å². The van der Waals surface area contributed by atoms with Gasteiger partial charge in [-0.2, -0.15) is 0 Å². The number of nitrogens with two attached hydrogens (primary N) is 1. The fraction of sp³-hybridized carbons (Fsp3) is 0.133. The summed E-state index contributed by atoms with van der Waals surface area (Å²) in [6, 6.07) is 9.62. The van der Waals surface area contributed by atoms with Crippen molar-refractivity contribution >= 4 is 17.5 Å². The number of benzene rings is 1. The highest BCUT2D eigenvalue weighted by Gasteiger charge is 2.07. The summed E-state index contributed by atoms with van der Waals surface area (Å²) in [5, 5.41) is 2.65. The van der Waals surface area contributed by atoms with Gasteiger partial charge in [-0.15, -0.1) is 0 Å². The SMILES string of the molecule is Cc1cccn(CC(=O)Nc2ccc(C(N)=O)cc2)c1=O. The first-order valence-corrected chi connectivity index (χ1v) is 6.33. The van der Waals surface area contributed by atoms with Crippen LogP contribution in [0.5, 0.6) is 0 Å². The van der Waals surface area contributed by atoms with E-state index in [1.165, 1.54) is 16.7 Å². The molecule has 2 aromatic rings. The number of primary amides is 1. The van der Waals surface area contributed by atoms with E-state index in [-0.39, 0.29) is 18.0 Å². The number of nitrogens with one attached hydrogen (secondary N) is 1. The van der Waals surface area contributed by atoms with Gasteiger partial charge in [0.05, 0.1) is 0 Å². The highest BCUT2D eigenvalue weighted by Crippen LogP contribution is 2.09. The zero-order chi connectivity index (χ0) is 15.4. The molecule has 0 aliphatic rings. The number of aryl methyl sites for hydroxylation is 1. The van der Waals surface area contributed by atoms with Crippen LogP contribution in [-0.2, 0) is 11.3 Å². The molecule has 108 valence electrons. The minimum Gasteiger partial charge on any atom is -0.366 e. The summed E-state index contributed by atoms with van der Waals surface area (Å²) in [6.07, 6.45) is 1.56. The topological polar surface area (TPSA) is 94.2 Å². The average molecular weight is 285 g/mol. The molecule has 1 heterocycles. The number of anilines is 1. The number of pyridine rings is 1. The zero-order valence-corrected chi connectivity index (χ0v) is 11.5. The number of hydrogen-bond donors (Lipinski definition) is 2. The van der Waals surface area contributed by atoms with E-state index in [2.05, 4.69) is 5.32 Å². The lowest BCUT2D eigenvalue weighted by molar-refractivity contribution is -0.116. The molecule has 6 nitrogen and oxygen atoms in total. The number of rotatable bonds is 4. The van der Waals surface area contributed by atoms with Gasteiger partial charge in [-0.1, -0.05) is 6.07 Å². The maximum absolute atomic E-state index is 11.9. The van der Waals surface area contributed by atoms with Crippen molar-refractivity contribution in [1.29, 1.82) is 0 Å². The van der Waals surface area contributed by atoms with Crippen molar-refractivity contribution in [3.05, 3.63) is 64.1 Å². The van der Waals surface area contributed by atoms with E-state index in [0.717, 1.165) is 0 Å². The fourth-order valence-electron chi connectivity index (χ4n) is 1.85. The third kappa shape index (κ3) is 3.56. The Labute approximate surface area is 121 Å². The Morgan fingerprint density at radius 1 is 1.19 bits per heavy atom. The standard InChI is InChI=1S/C15H15N3O3/c1-10-3-2-8-18(15(10)21)9-13(19)17-12-6-4-11(5-7-12)14(16)20/h2-8H,9H2,1H3,(H2,16,20)(H,17,19). The molecule has 21 heavy (non-hydrogen) atoms. The summed E-state index contributed by atoms with van der Waals surface area (Å²) in [5.41, 5.74) is 6.41. The van der Waals surface area contributed by atoms with Crippen LogP contribution in [0.3, 0.4) is 0 Å². The van der Waals surface area contributed by atoms with E-state index >= 15 is 0 Å². The van der Waals surface area contributed by atoms with E-state index < -0.39 is 5.91 Å². The van der Waals surface area contributed by atoms with Gasteiger partial charge in [-0.05, 0) is 37.3 Å². The second kappa shape index (κ2) is 6.04. The molecule has 0 aliphatic carbocycles. The van der Waals surface area contributed by atoms with Gasteiger partial charge in [-0.25, -0.2) is 0 Å². The van der Waals surface area contributed by atoms with Gasteiger partial charge < -0.3 is 15.6 Å². The monoisotopic (exact) mass is 285 g/mol. The van der Waals surface area contributed by atoms with Crippen molar-refractivity contribution in [2.24, 2.45) is 5.73 Å². The van der Waals surface area contributed by atoms with Crippen molar-refractivity contribution in [3.8, 4) is 0 Å². The van der Waals surface area contributed by atoms with Crippen LogP contribution >= 0.6 is 0 Å². The van der Waals surface area contributed by atoms with Crippen LogP contribution < -0.4 is 16.6 Å². The van der Waals surface area contributed by atoms with E-state index in [9.17, 15) is 14.4 Å². The van der Waals surface area contributed by atoms with Crippen molar-refractivity contribution < 1.29 is 9.59 Å². The number of amides is 2. The van der Waals surface area contributed by atoms with Crippen molar-refractivity contribution in [1.82, 2.24) is 4.57 Å². The Morgan fingerprint density at radius 3 is 2.48 bits per heavy atom. The molecule has 0 unspecified atom stereocenters. The van der Waals surface area contributed by atoms with Crippen LogP contribution in [-0.4, -0.2) is 16.4 Å². The first-order valence-electron chi connectivity index (χ1n) is 6.33. The molecule has 0 atom stereocenters. The summed E-state index contributed by atoms with van der Waals surface area (Å²) in [5.74, 6) is -0.853. The summed E-state index contributed by atoms with van der Waals surface area (Å²) >= 11 is 0. The largest absolute Gasteiger partial charge is 0.366 e. The maximum atomic E-state index is 11.9.